The molecule has 1 unspecified atom stereocenters. The summed E-state index contributed by atoms with van der Waals surface area (Å²) >= 11 is 0. The lowest BCUT2D eigenvalue weighted by atomic mass is 10.0. The number of hydrogen-bond acceptors (Lipinski definition) is 3. The smallest absolute Gasteiger partial charge is 0.308 e. The van der Waals surface area contributed by atoms with Crippen LogP contribution in [0.4, 0.5) is 0 Å². The fourth-order valence-corrected chi connectivity index (χ4v) is 0.770. The molecule has 0 bridgehead atoms. The fraction of sp³-hybridized carbons (Fsp3) is 0.750. The molecule has 0 fully saturated rings. The number of hydrogen-bond donors (Lipinski definition) is 0. The van der Waals surface area contributed by atoms with Crippen molar-refractivity contribution in [2.45, 2.75) is 26.7 Å². The van der Waals surface area contributed by atoms with Gasteiger partial charge in [0.15, 0.2) is 0 Å². The number of ketones is 1. The number of carbonyl (C=O) groups excluding carboxylic acids is 2. The molecule has 0 aromatic carbocycles. The summed E-state index contributed by atoms with van der Waals surface area (Å²) in [5.74, 6) is -0.512. The number of esters is 1. The number of ether oxygens (including phenoxy) is 1. The maximum atomic E-state index is 10.8. The Kier molecular flexibility index (Phi) is 4.50. The molecule has 3 heteroatoms. The molecule has 3 nitrogen and oxygen atoms in total. The molecule has 0 N–H and O–H groups in total. The van der Waals surface area contributed by atoms with E-state index in [0.29, 0.717) is 12.8 Å². The quantitative estimate of drug-likeness (QED) is 0.577. The lowest BCUT2D eigenvalue weighted by molar-refractivity contribution is -0.146. The van der Waals surface area contributed by atoms with Gasteiger partial charge in [-0.25, -0.2) is 0 Å². The summed E-state index contributed by atoms with van der Waals surface area (Å²) in [5, 5.41) is 0. The number of Topliss-reactive ketones (excluding diaryl/α,β-unsaturated/α-hetero) is 1. The van der Waals surface area contributed by atoms with Gasteiger partial charge in [0.25, 0.3) is 0 Å². The zero-order chi connectivity index (χ0) is 8.85. The van der Waals surface area contributed by atoms with Crippen LogP contribution >= 0.6 is 0 Å². The van der Waals surface area contributed by atoms with Gasteiger partial charge in [0.1, 0.15) is 5.78 Å². The van der Waals surface area contributed by atoms with Crippen molar-refractivity contribution < 1.29 is 14.3 Å². The lowest BCUT2D eigenvalue weighted by Gasteiger charge is -2.05. The fourth-order valence-electron chi connectivity index (χ4n) is 0.770. The molecule has 0 aliphatic rings. The Bertz CT molecular complexity index is 151. The summed E-state index contributed by atoms with van der Waals surface area (Å²) in [4.78, 5) is 21.6. The van der Waals surface area contributed by atoms with E-state index in [4.69, 9.17) is 0 Å². The van der Waals surface area contributed by atoms with Crippen LogP contribution in [-0.4, -0.2) is 18.9 Å². The molecular formula is C8H14O3. The first kappa shape index (κ1) is 10.1. The maximum Gasteiger partial charge on any atom is 0.308 e. The topological polar surface area (TPSA) is 43.4 Å². The zero-order valence-electron chi connectivity index (χ0n) is 7.22. The molecule has 0 amide bonds. The van der Waals surface area contributed by atoms with Crippen molar-refractivity contribution in [3.05, 3.63) is 0 Å². The van der Waals surface area contributed by atoms with E-state index < -0.39 is 0 Å². The predicted molar refractivity (Wildman–Crippen MR) is 41.1 cm³/mol. The van der Waals surface area contributed by atoms with Crippen molar-refractivity contribution in [3.63, 3.8) is 0 Å². The van der Waals surface area contributed by atoms with Gasteiger partial charge in [-0.1, -0.05) is 13.8 Å². The second-order valence-corrected chi connectivity index (χ2v) is 2.52. The highest BCUT2D eigenvalue weighted by Crippen LogP contribution is 2.05. The van der Waals surface area contributed by atoms with Gasteiger partial charge < -0.3 is 4.74 Å². The van der Waals surface area contributed by atoms with Crippen molar-refractivity contribution >= 4 is 11.8 Å². The van der Waals surface area contributed by atoms with E-state index in [9.17, 15) is 9.59 Å². The molecule has 0 heterocycles. The molecule has 0 aromatic heterocycles. The van der Waals surface area contributed by atoms with Crippen molar-refractivity contribution in [3.8, 4) is 0 Å². The van der Waals surface area contributed by atoms with E-state index >= 15 is 0 Å². The van der Waals surface area contributed by atoms with E-state index in [1.165, 1.54) is 7.11 Å². The first-order valence-electron chi connectivity index (χ1n) is 3.71. The Morgan fingerprint density at radius 1 is 1.45 bits per heavy atom. The summed E-state index contributed by atoms with van der Waals surface area (Å²) in [6.45, 7) is 3.48. The van der Waals surface area contributed by atoms with E-state index in [-0.39, 0.29) is 17.7 Å². The zero-order valence-corrected chi connectivity index (χ0v) is 7.22. The molecule has 11 heavy (non-hydrogen) atoms. The van der Waals surface area contributed by atoms with Gasteiger partial charge in [-0.05, 0) is 0 Å². The van der Waals surface area contributed by atoms with Crippen LogP contribution in [-0.2, 0) is 14.3 Å². The molecule has 0 spiro atoms. The summed E-state index contributed by atoms with van der Waals surface area (Å²) < 4.78 is 4.47. The number of rotatable bonds is 4. The van der Waals surface area contributed by atoms with E-state index in [1.54, 1.807) is 13.8 Å². The molecule has 0 saturated heterocycles. The van der Waals surface area contributed by atoms with Crippen LogP contribution in [0.3, 0.4) is 0 Å². The van der Waals surface area contributed by atoms with Crippen molar-refractivity contribution in [2.75, 3.05) is 7.11 Å². The van der Waals surface area contributed by atoms with Crippen LogP contribution < -0.4 is 0 Å². The Morgan fingerprint density at radius 3 is 2.36 bits per heavy atom. The highest BCUT2D eigenvalue weighted by atomic mass is 16.5. The van der Waals surface area contributed by atoms with E-state index in [1.807, 2.05) is 0 Å². The molecule has 0 saturated carbocycles. The average Bonchev–Trinajstić information content (AvgIpc) is 2.02. The van der Waals surface area contributed by atoms with Gasteiger partial charge in [0.05, 0.1) is 13.0 Å². The molecule has 0 rings (SSSR count). The standard InChI is InChI=1S/C8H14O3/c1-4-7(9)5-6(2)8(10)11-3/h6H,4-5H2,1-3H3. The largest absolute Gasteiger partial charge is 0.469 e. The molecule has 64 valence electrons. The van der Waals surface area contributed by atoms with Gasteiger partial charge in [-0.2, -0.15) is 0 Å². The predicted octanol–water partition coefficient (Wildman–Crippen LogP) is 1.16. The number of methoxy groups -OCH3 is 1. The van der Waals surface area contributed by atoms with Crippen LogP contribution in [0.15, 0.2) is 0 Å². The Hall–Kier alpha value is -0.860. The van der Waals surface area contributed by atoms with Gasteiger partial charge in [-0.15, -0.1) is 0 Å². The maximum absolute atomic E-state index is 10.8. The molecule has 0 aliphatic heterocycles. The average molecular weight is 158 g/mol. The molecule has 0 aliphatic carbocycles. The van der Waals surface area contributed by atoms with Crippen molar-refractivity contribution in [1.82, 2.24) is 0 Å². The van der Waals surface area contributed by atoms with Gasteiger partial charge in [-0.3, -0.25) is 9.59 Å². The highest BCUT2D eigenvalue weighted by Gasteiger charge is 2.15. The molecular weight excluding hydrogens is 144 g/mol. The third-order valence-electron chi connectivity index (χ3n) is 1.53. The Labute approximate surface area is 66.7 Å². The summed E-state index contributed by atoms with van der Waals surface area (Å²) in [6.07, 6.45) is 0.782. The monoisotopic (exact) mass is 158 g/mol. The minimum Gasteiger partial charge on any atom is -0.469 e. The van der Waals surface area contributed by atoms with Crippen LogP contribution in [0, 0.1) is 5.92 Å². The molecule has 0 radical (unpaired) electrons. The van der Waals surface area contributed by atoms with E-state index in [0.717, 1.165) is 0 Å². The summed E-state index contributed by atoms with van der Waals surface area (Å²) in [6, 6.07) is 0. The SMILES string of the molecule is CCC(=O)CC(C)C(=O)OC. The first-order valence-corrected chi connectivity index (χ1v) is 3.71. The Balaban J connectivity index is 3.77. The van der Waals surface area contributed by atoms with Crippen LogP contribution in [0.25, 0.3) is 0 Å². The second kappa shape index (κ2) is 4.88. The summed E-state index contributed by atoms with van der Waals surface area (Å²) in [5.41, 5.74) is 0. The lowest BCUT2D eigenvalue weighted by Crippen LogP contribution is -2.16. The van der Waals surface area contributed by atoms with Gasteiger partial charge in [0, 0.05) is 12.8 Å². The van der Waals surface area contributed by atoms with Gasteiger partial charge in [0.2, 0.25) is 0 Å². The Morgan fingerprint density at radius 2 is 2.00 bits per heavy atom. The van der Waals surface area contributed by atoms with Crippen molar-refractivity contribution in [1.29, 1.82) is 0 Å². The number of carbonyl (C=O) groups is 2. The summed E-state index contributed by atoms with van der Waals surface area (Å²) in [7, 11) is 1.33. The third kappa shape index (κ3) is 3.75. The van der Waals surface area contributed by atoms with E-state index in [2.05, 4.69) is 4.74 Å². The molecule has 1 atom stereocenters. The first-order chi connectivity index (χ1) is 5.11. The second-order valence-electron chi connectivity index (χ2n) is 2.52. The minimum atomic E-state index is -0.313. The molecule has 0 aromatic rings. The highest BCUT2D eigenvalue weighted by molar-refractivity contribution is 5.83. The van der Waals surface area contributed by atoms with Crippen molar-refractivity contribution in [2.24, 2.45) is 5.92 Å². The normalized spacial score (nSPS) is 12.3. The minimum absolute atomic E-state index is 0.0999. The van der Waals surface area contributed by atoms with Crippen LogP contribution in [0.5, 0.6) is 0 Å². The van der Waals surface area contributed by atoms with Crippen LogP contribution in [0.1, 0.15) is 26.7 Å². The third-order valence-corrected chi connectivity index (χ3v) is 1.53. The van der Waals surface area contributed by atoms with Gasteiger partial charge >= 0.3 is 5.97 Å². The van der Waals surface area contributed by atoms with Crippen LogP contribution in [0.2, 0.25) is 0 Å².